The fraction of sp³-hybridized carbons (Fsp3) is 0.619. The Morgan fingerprint density at radius 1 is 1.04 bits per heavy atom. The molecule has 28 heavy (non-hydrogen) atoms. The zero-order valence-electron chi connectivity index (χ0n) is 16.9. The molecule has 1 N–H and O–H groups in total. The summed E-state index contributed by atoms with van der Waals surface area (Å²) in [4.78, 5) is 29.6. The number of ether oxygens (including phenoxy) is 1. The standard InChI is InChI=1S/C21H31N3O3.ClH/c1-17-3-5-18(6-4-17)15-19(25)23-11-13-24(14-12-23)20(26)21(16-27-2)7-9-22-10-8-21;/h3-6,22H,7-16H2,1-2H3;1H. The van der Waals surface area contributed by atoms with Crippen molar-refractivity contribution < 1.29 is 14.3 Å². The summed E-state index contributed by atoms with van der Waals surface area (Å²) in [5.41, 5.74) is 1.83. The summed E-state index contributed by atoms with van der Waals surface area (Å²) in [5.74, 6) is 0.330. The molecule has 0 bridgehead atoms. The number of methoxy groups -OCH3 is 1. The number of carbonyl (C=O) groups is 2. The topological polar surface area (TPSA) is 61.9 Å². The van der Waals surface area contributed by atoms with Crippen molar-refractivity contribution >= 4 is 24.2 Å². The molecule has 0 aromatic heterocycles. The molecular weight excluding hydrogens is 378 g/mol. The lowest BCUT2D eigenvalue weighted by molar-refractivity contribution is -0.151. The number of nitrogens with one attached hydrogen (secondary N) is 1. The van der Waals surface area contributed by atoms with Gasteiger partial charge in [0.25, 0.3) is 0 Å². The van der Waals surface area contributed by atoms with E-state index in [9.17, 15) is 9.59 Å². The number of carbonyl (C=O) groups excluding carboxylic acids is 2. The van der Waals surface area contributed by atoms with Gasteiger partial charge in [-0.25, -0.2) is 0 Å². The molecule has 0 unspecified atom stereocenters. The molecule has 2 heterocycles. The highest BCUT2D eigenvalue weighted by atomic mass is 35.5. The molecule has 2 aliphatic rings. The summed E-state index contributed by atoms with van der Waals surface area (Å²) < 4.78 is 5.39. The number of piperazine rings is 1. The van der Waals surface area contributed by atoms with Crippen LogP contribution in [0.4, 0.5) is 0 Å². The minimum absolute atomic E-state index is 0. The van der Waals surface area contributed by atoms with Crippen LogP contribution in [0, 0.1) is 12.3 Å². The molecule has 7 heteroatoms. The van der Waals surface area contributed by atoms with E-state index >= 15 is 0 Å². The predicted molar refractivity (Wildman–Crippen MR) is 112 cm³/mol. The zero-order chi connectivity index (χ0) is 19.3. The monoisotopic (exact) mass is 409 g/mol. The van der Waals surface area contributed by atoms with E-state index in [-0.39, 0.29) is 24.2 Å². The average Bonchev–Trinajstić information content (AvgIpc) is 2.70. The number of nitrogens with zero attached hydrogens (tertiary/aromatic N) is 2. The van der Waals surface area contributed by atoms with E-state index in [1.54, 1.807) is 7.11 Å². The minimum Gasteiger partial charge on any atom is -0.384 e. The third-order valence-corrected chi connectivity index (χ3v) is 5.83. The van der Waals surface area contributed by atoms with Gasteiger partial charge in [-0.3, -0.25) is 9.59 Å². The molecule has 3 rings (SSSR count). The third-order valence-electron chi connectivity index (χ3n) is 5.83. The molecule has 156 valence electrons. The highest BCUT2D eigenvalue weighted by Crippen LogP contribution is 2.32. The molecule has 0 saturated carbocycles. The second kappa shape index (κ2) is 10.2. The molecule has 1 aromatic carbocycles. The van der Waals surface area contributed by atoms with Gasteiger partial charge in [0.05, 0.1) is 18.4 Å². The van der Waals surface area contributed by atoms with Crippen molar-refractivity contribution in [3.05, 3.63) is 35.4 Å². The van der Waals surface area contributed by atoms with E-state index in [1.807, 2.05) is 41.0 Å². The summed E-state index contributed by atoms with van der Waals surface area (Å²) in [5, 5.41) is 3.33. The maximum Gasteiger partial charge on any atom is 0.231 e. The van der Waals surface area contributed by atoms with Crippen LogP contribution in [0.3, 0.4) is 0 Å². The van der Waals surface area contributed by atoms with Crippen LogP contribution < -0.4 is 5.32 Å². The number of hydrogen-bond acceptors (Lipinski definition) is 4. The van der Waals surface area contributed by atoms with Gasteiger partial charge in [0.1, 0.15) is 0 Å². The third kappa shape index (κ3) is 5.25. The van der Waals surface area contributed by atoms with E-state index in [4.69, 9.17) is 4.74 Å². The maximum absolute atomic E-state index is 13.2. The summed E-state index contributed by atoms with van der Waals surface area (Å²) in [6, 6.07) is 8.10. The molecule has 2 fully saturated rings. The van der Waals surface area contributed by atoms with Crippen LogP contribution >= 0.6 is 12.4 Å². The number of amides is 2. The Bertz CT molecular complexity index is 646. The second-order valence-corrected chi connectivity index (χ2v) is 7.80. The van der Waals surface area contributed by atoms with Crippen molar-refractivity contribution in [1.82, 2.24) is 15.1 Å². The number of halogens is 1. The van der Waals surface area contributed by atoms with Gasteiger partial charge < -0.3 is 19.9 Å². The van der Waals surface area contributed by atoms with Crippen molar-refractivity contribution in [1.29, 1.82) is 0 Å². The van der Waals surface area contributed by atoms with Gasteiger partial charge in [0.15, 0.2) is 0 Å². The number of aryl methyl sites for hydroxylation is 1. The van der Waals surface area contributed by atoms with E-state index in [0.29, 0.717) is 39.2 Å². The lowest BCUT2D eigenvalue weighted by atomic mass is 9.78. The van der Waals surface area contributed by atoms with Crippen LogP contribution in [0.1, 0.15) is 24.0 Å². The smallest absolute Gasteiger partial charge is 0.231 e. The Morgan fingerprint density at radius 2 is 1.61 bits per heavy atom. The summed E-state index contributed by atoms with van der Waals surface area (Å²) in [6.45, 7) is 6.65. The van der Waals surface area contributed by atoms with Crippen molar-refractivity contribution in [3.63, 3.8) is 0 Å². The fourth-order valence-corrected chi connectivity index (χ4v) is 4.09. The van der Waals surface area contributed by atoms with E-state index < -0.39 is 5.41 Å². The second-order valence-electron chi connectivity index (χ2n) is 7.80. The normalized spacial score (nSPS) is 19.1. The first kappa shape index (κ1) is 22.7. The van der Waals surface area contributed by atoms with Gasteiger partial charge in [-0.05, 0) is 38.4 Å². The highest BCUT2D eigenvalue weighted by Gasteiger charge is 2.43. The Balaban J connectivity index is 0.00000280. The molecular formula is C21H32ClN3O3. The molecule has 2 saturated heterocycles. The maximum atomic E-state index is 13.2. The van der Waals surface area contributed by atoms with E-state index in [0.717, 1.165) is 31.5 Å². The Labute approximate surface area is 174 Å². The SMILES string of the molecule is COCC1(C(=O)N2CCN(C(=O)Cc3ccc(C)cc3)CC2)CCNCC1.Cl. The number of rotatable bonds is 5. The quantitative estimate of drug-likeness (QED) is 0.803. The van der Waals surface area contributed by atoms with Crippen molar-refractivity contribution in [3.8, 4) is 0 Å². The van der Waals surface area contributed by atoms with Gasteiger partial charge in [0.2, 0.25) is 11.8 Å². The van der Waals surface area contributed by atoms with Gasteiger partial charge >= 0.3 is 0 Å². The van der Waals surface area contributed by atoms with Gasteiger partial charge in [0, 0.05) is 33.3 Å². The zero-order valence-corrected chi connectivity index (χ0v) is 17.7. The Kier molecular flexibility index (Phi) is 8.28. The van der Waals surface area contributed by atoms with E-state index in [2.05, 4.69) is 5.32 Å². The summed E-state index contributed by atoms with van der Waals surface area (Å²) in [6.07, 6.45) is 2.05. The minimum atomic E-state index is -0.409. The first-order chi connectivity index (χ1) is 13.0. The first-order valence-corrected chi connectivity index (χ1v) is 9.86. The molecule has 0 radical (unpaired) electrons. The highest BCUT2D eigenvalue weighted by molar-refractivity contribution is 5.85. The van der Waals surface area contributed by atoms with Crippen molar-refractivity contribution in [2.75, 3.05) is 53.0 Å². The Hall–Kier alpha value is -1.63. The lowest BCUT2D eigenvalue weighted by Gasteiger charge is -2.42. The number of benzene rings is 1. The first-order valence-electron chi connectivity index (χ1n) is 9.86. The van der Waals surface area contributed by atoms with Crippen LogP contribution in [0.25, 0.3) is 0 Å². The van der Waals surface area contributed by atoms with Gasteiger partial charge in [-0.15, -0.1) is 12.4 Å². The van der Waals surface area contributed by atoms with Gasteiger partial charge in [-0.2, -0.15) is 0 Å². The van der Waals surface area contributed by atoms with Crippen LogP contribution in [-0.2, 0) is 20.7 Å². The van der Waals surface area contributed by atoms with Crippen LogP contribution in [0.15, 0.2) is 24.3 Å². The van der Waals surface area contributed by atoms with E-state index in [1.165, 1.54) is 5.56 Å². The number of piperidine rings is 1. The van der Waals surface area contributed by atoms with Crippen molar-refractivity contribution in [2.24, 2.45) is 5.41 Å². The largest absolute Gasteiger partial charge is 0.384 e. The molecule has 1 aromatic rings. The summed E-state index contributed by atoms with van der Waals surface area (Å²) >= 11 is 0. The molecule has 2 amide bonds. The molecule has 6 nitrogen and oxygen atoms in total. The Morgan fingerprint density at radius 3 is 2.18 bits per heavy atom. The van der Waals surface area contributed by atoms with Gasteiger partial charge in [-0.1, -0.05) is 29.8 Å². The molecule has 2 aliphatic heterocycles. The molecule has 0 atom stereocenters. The molecule has 0 aliphatic carbocycles. The molecule has 0 spiro atoms. The number of hydrogen-bond donors (Lipinski definition) is 1. The summed E-state index contributed by atoms with van der Waals surface area (Å²) in [7, 11) is 1.67. The lowest BCUT2D eigenvalue weighted by Crippen LogP contribution is -2.57. The fourth-order valence-electron chi connectivity index (χ4n) is 4.09. The van der Waals surface area contributed by atoms with Crippen LogP contribution in [0.5, 0.6) is 0 Å². The predicted octanol–water partition coefficient (Wildman–Crippen LogP) is 1.65. The average molecular weight is 410 g/mol. The van der Waals surface area contributed by atoms with Crippen LogP contribution in [-0.4, -0.2) is 74.6 Å². The van der Waals surface area contributed by atoms with Crippen molar-refractivity contribution in [2.45, 2.75) is 26.2 Å². The van der Waals surface area contributed by atoms with Crippen LogP contribution in [0.2, 0.25) is 0 Å².